The molecule has 1 amide bonds. The lowest BCUT2D eigenvalue weighted by molar-refractivity contribution is 0.0856. The first-order chi connectivity index (χ1) is 7.30. The van der Waals surface area contributed by atoms with E-state index in [2.05, 4.69) is 31.2 Å². The number of aromatic nitrogens is 1. The van der Waals surface area contributed by atoms with Crippen molar-refractivity contribution in [3.05, 3.63) is 29.6 Å². The van der Waals surface area contributed by atoms with Gasteiger partial charge in [0.2, 0.25) is 0 Å². The summed E-state index contributed by atoms with van der Waals surface area (Å²) in [4.78, 5) is 16.0. The normalized spacial score (nSPS) is 11.6. The number of carbonyl (C=O) groups is 1. The van der Waals surface area contributed by atoms with E-state index in [-0.39, 0.29) is 11.3 Å². The summed E-state index contributed by atoms with van der Waals surface area (Å²) in [6, 6.07) is 3.55. The Kier molecular flexibility index (Phi) is 3.65. The van der Waals surface area contributed by atoms with E-state index in [1.54, 1.807) is 31.4 Å². The summed E-state index contributed by atoms with van der Waals surface area (Å²) in [5.41, 5.74) is 4.21. The number of rotatable bonds is 2. The predicted octanol–water partition coefficient (Wildman–Crippen LogP) is 1.59. The summed E-state index contributed by atoms with van der Waals surface area (Å²) >= 11 is 0. The quantitative estimate of drug-likeness (QED) is 0.771. The van der Waals surface area contributed by atoms with E-state index >= 15 is 0 Å². The Bertz CT molecular complexity index is 380. The van der Waals surface area contributed by atoms with Crippen LogP contribution in [-0.2, 0) is 5.41 Å². The molecule has 0 fully saturated rings. The molecule has 4 heteroatoms. The van der Waals surface area contributed by atoms with Crippen LogP contribution in [0.1, 0.15) is 36.8 Å². The Hall–Kier alpha value is -1.42. The van der Waals surface area contributed by atoms with E-state index in [0.717, 1.165) is 5.69 Å². The summed E-state index contributed by atoms with van der Waals surface area (Å²) in [5, 5.41) is 1.62. The van der Waals surface area contributed by atoms with Gasteiger partial charge in [-0.15, -0.1) is 0 Å². The van der Waals surface area contributed by atoms with E-state index in [0.29, 0.717) is 5.56 Å². The van der Waals surface area contributed by atoms with Crippen LogP contribution in [0.3, 0.4) is 0 Å². The molecule has 0 saturated carbocycles. The van der Waals surface area contributed by atoms with Crippen molar-refractivity contribution in [2.24, 2.45) is 0 Å². The van der Waals surface area contributed by atoms with Crippen LogP contribution in [0.4, 0.5) is 0 Å². The second-order valence-electron chi connectivity index (χ2n) is 5.02. The predicted molar refractivity (Wildman–Crippen MR) is 64.1 cm³/mol. The van der Waals surface area contributed by atoms with Gasteiger partial charge >= 0.3 is 0 Å². The van der Waals surface area contributed by atoms with Gasteiger partial charge in [0, 0.05) is 37.0 Å². The molecular weight excluding hydrogens is 202 g/mol. The van der Waals surface area contributed by atoms with Gasteiger partial charge in [-0.05, 0) is 12.1 Å². The van der Waals surface area contributed by atoms with E-state index in [4.69, 9.17) is 0 Å². The monoisotopic (exact) mass is 221 g/mol. The Morgan fingerprint density at radius 2 is 2.00 bits per heavy atom. The van der Waals surface area contributed by atoms with Gasteiger partial charge in [0.25, 0.3) is 5.91 Å². The minimum Gasteiger partial charge on any atom is -0.285 e. The van der Waals surface area contributed by atoms with E-state index in [1.807, 2.05) is 6.07 Å². The first kappa shape index (κ1) is 12.6. The van der Waals surface area contributed by atoms with Crippen LogP contribution in [0, 0.1) is 0 Å². The zero-order valence-corrected chi connectivity index (χ0v) is 10.5. The minimum atomic E-state index is -0.113. The molecule has 0 saturated heterocycles. The van der Waals surface area contributed by atoms with Crippen molar-refractivity contribution in [1.82, 2.24) is 15.4 Å². The molecule has 1 aromatic rings. The molecule has 1 N–H and O–H groups in total. The molecule has 0 aliphatic heterocycles. The van der Waals surface area contributed by atoms with E-state index in [1.165, 1.54) is 0 Å². The fourth-order valence-electron chi connectivity index (χ4n) is 1.25. The third-order valence-corrected chi connectivity index (χ3v) is 2.12. The van der Waals surface area contributed by atoms with Crippen LogP contribution >= 0.6 is 0 Å². The first-order valence-electron chi connectivity index (χ1n) is 5.25. The first-order valence-corrected chi connectivity index (χ1v) is 5.25. The van der Waals surface area contributed by atoms with Crippen molar-refractivity contribution < 1.29 is 4.79 Å². The molecule has 16 heavy (non-hydrogen) atoms. The van der Waals surface area contributed by atoms with Gasteiger partial charge in [-0.25, -0.2) is 5.01 Å². The lowest BCUT2D eigenvalue weighted by atomic mass is 9.91. The highest BCUT2D eigenvalue weighted by molar-refractivity contribution is 5.93. The number of hydrogen-bond acceptors (Lipinski definition) is 3. The maximum absolute atomic E-state index is 11.8. The van der Waals surface area contributed by atoms with E-state index in [9.17, 15) is 4.79 Å². The van der Waals surface area contributed by atoms with Crippen LogP contribution in [0.5, 0.6) is 0 Å². The maximum atomic E-state index is 11.8. The summed E-state index contributed by atoms with van der Waals surface area (Å²) in [6.07, 6.45) is 1.67. The molecule has 1 aromatic heterocycles. The SMILES string of the molecule is CN(C)NC(=O)c1ccnc(C(C)(C)C)c1. The molecule has 0 aromatic carbocycles. The molecule has 1 rings (SSSR count). The van der Waals surface area contributed by atoms with Crippen molar-refractivity contribution in [1.29, 1.82) is 0 Å². The molecule has 0 aliphatic rings. The van der Waals surface area contributed by atoms with Crippen molar-refractivity contribution in [2.45, 2.75) is 26.2 Å². The Balaban J connectivity index is 2.95. The number of amides is 1. The Morgan fingerprint density at radius 1 is 1.38 bits per heavy atom. The number of carbonyl (C=O) groups excluding carboxylic acids is 1. The van der Waals surface area contributed by atoms with E-state index < -0.39 is 0 Å². The molecule has 1 heterocycles. The highest BCUT2D eigenvalue weighted by Crippen LogP contribution is 2.20. The molecule has 0 atom stereocenters. The second kappa shape index (κ2) is 4.61. The van der Waals surface area contributed by atoms with Crippen molar-refractivity contribution in [3.63, 3.8) is 0 Å². The maximum Gasteiger partial charge on any atom is 0.265 e. The minimum absolute atomic E-state index is 0.0472. The van der Waals surface area contributed by atoms with Crippen molar-refractivity contribution in [2.75, 3.05) is 14.1 Å². The zero-order chi connectivity index (χ0) is 12.3. The third-order valence-electron chi connectivity index (χ3n) is 2.12. The largest absolute Gasteiger partial charge is 0.285 e. The number of hydrazine groups is 1. The van der Waals surface area contributed by atoms with Gasteiger partial charge in [-0.2, -0.15) is 0 Å². The summed E-state index contributed by atoms with van der Waals surface area (Å²) in [7, 11) is 3.56. The average molecular weight is 221 g/mol. The molecule has 0 radical (unpaired) electrons. The number of nitrogens with one attached hydrogen (secondary N) is 1. The standard InChI is InChI=1S/C12H19N3O/c1-12(2,3)10-8-9(6-7-13-10)11(16)14-15(4)5/h6-8H,1-5H3,(H,14,16). The smallest absolute Gasteiger partial charge is 0.265 e. The zero-order valence-electron chi connectivity index (χ0n) is 10.5. The molecule has 0 unspecified atom stereocenters. The second-order valence-corrected chi connectivity index (χ2v) is 5.02. The van der Waals surface area contributed by atoms with Gasteiger partial charge in [0.15, 0.2) is 0 Å². The van der Waals surface area contributed by atoms with Crippen molar-refractivity contribution >= 4 is 5.91 Å². The highest BCUT2D eigenvalue weighted by atomic mass is 16.2. The van der Waals surface area contributed by atoms with Crippen LogP contribution in [0.15, 0.2) is 18.3 Å². The van der Waals surface area contributed by atoms with Gasteiger partial charge in [0.05, 0.1) is 0 Å². The van der Waals surface area contributed by atoms with Gasteiger partial charge in [-0.1, -0.05) is 20.8 Å². The lowest BCUT2D eigenvalue weighted by Crippen LogP contribution is -2.36. The van der Waals surface area contributed by atoms with Crippen molar-refractivity contribution in [3.8, 4) is 0 Å². The Morgan fingerprint density at radius 3 is 2.50 bits per heavy atom. The molecule has 0 spiro atoms. The van der Waals surface area contributed by atoms with Gasteiger partial charge in [0.1, 0.15) is 0 Å². The summed E-state index contributed by atoms with van der Waals surface area (Å²) < 4.78 is 0. The topological polar surface area (TPSA) is 45.2 Å². The fourth-order valence-corrected chi connectivity index (χ4v) is 1.25. The third kappa shape index (κ3) is 3.31. The van der Waals surface area contributed by atoms with Gasteiger partial charge < -0.3 is 0 Å². The number of hydrogen-bond donors (Lipinski definition) is 1. The molecule has 0 bridgehead atoms. The van der Waals surface area contributed by atoms with Crippen LogP contribution < -0.4 is 5.43 Å². The summed E-state index contributed by atoms with van der Waals surface area (Å²) in [5.74, 6) is -0.113. The fraction of sp³-hybridized carbons (Fsp3) is 0.500. The van der Waals surface area contributed by atoms with Crippen LogP contribution in [-0.4, -0.2) is 30.0 Å². The molecule has 88 valence electrons. The van der Waals surface area contributed by atoms with Crippen LogP contribution in [0.25, 0.3) is 0 Å². The molecule has 0 aliphatic carbocycles. The van der Waals surface area contributed by atoms with Gasteiger partial charge in [-0.3, -0.25) is 15.2 Å². The molecule has 4 nitrogen and oxygen atoms in total. The van der Waals surface area contributed by atoms with Crippen LogP contribution in [0.2, 0.25) is 0 Å². The molecular formula is C12H19N3O. The number of pyridine rings is 1. The summed E-state index contributed by atoms with van der Waals surface area (Å²) in [6.45, 7) is 6.22. The number of nitrogens with zero attached hydrogens (tertiary/aromatic N) is 2. The highest BCUT2D eigenvalue weighted by Gasteiger charge is 2.17. The average Bonchev–Trinajstić information content (AvgIpc) is 2.15. The lowest BCUT2D eigenvalue weighted by Gasteiger charge is -2.18. The Labute approximate surface area is 96.6 Å².